The number of anilines is 3. The minimum absolute atomic E-state index is 0.0898. The minimum Gasteiger partial charge on any atom is -0.497 e. The Morgan fingerprint density at radius 2 is 1.63 bits per heavy atom. The van der Waals surface area contributed by atoms with Crippen molar-refractivity contribution in [3.63, 3.8) is 0 Å². The number of nitro benzene ring substituents is 1. The first-order valence-electron chi connectivity index (χ1n) is 13.7. The zero-order valence-corrected chi connectivity index (χ0v) is 23.5. The first kappa shape index (κ1) is 27.5. The number of ether oxygens (including phenoxy) is 2. The summed E-state index contributed by atoms with van der Waals surface area (Å²) < 4.78 is 12.4. The Hall–Kier alpha value is -5.64. The van der Waals surface area contributed by atoms with E-state index >= 15 is 0 Å². The van der Waals surface area contributed by atoms with E-state index in [-0.39, 0.29) is 22.9 Å². The molecule has 0 spiro atoms. The van der Waals surface area contributed by atoms with Gasteiger partial charge in [0.15, 0.2) is 5.75 Å². The van der Waals surface area contributed by atoms with Crippen molar-refractivity contribution in [3.8, 4) is 22.6 Å². The number of nitrogens with zero attached hydrogens (tertiary/aromatic N) is 2. The van der Waals surface area contributed by atoms with Gasteiger partial charge in [-0.05, 0) is 70.6 Å². The van der Waals surface area contributed by atoms with Crippen LogP contribution in [0.15, 0.2) is 89.9 Å². The summed E-state index contributed by atoms with van der Waals surface area (Å²) >= 11 is 0. The zero-order chi connectivity index (χ0) is 30.1. The lowest BCUT2D eigenvalue weighted by Crippen LogP contribution is -2.19. The highest BCUT2D eigenvalue weighted by Gasteiger charge is 2.25. The number of benzene rings is 4. The molecule has 43 heavy (non-hydrogen) atoms. The number of hydrogen-bond acceptors (Lipinski definition) is 7. The van der Waals surface area contributed by atoms with E-state index in [1.54, 1.807) is 48.1 Å². The Morgan fingerprint density at radius 1 is 0.814 bits per heavy atom. The number of pyridine rings is 1. The SMILES string of the molecule is COc1ccc2c(c1)Nc1cc(-c3ccc([N+](=O)[O-])c(OC)c3)cc(CCCn3cc4ccccc4cc3=O)c1C(=O)N2. The van der Waals surface area contributed by atoms with Gasteiger partial charge in [-0.1, -0.05) is 30.3 Å². The number of fused-ring (bicyclic) bond motifs is 3. The summed E-state index contributed by atoms with van der Waals surface area (Å²) in [5.41, 5.74) is 4.31. The second kappa shape index (κ2) is 11.3. The van der Waals surface area contributed by atoms with Crippen molar-refractivity contribution >= 4 is 39.4 Å². The van der Waals surface area contributed by atoms with Crippen molar-refractivity contribution in [2.45, 2.75) is 19.4 Å². The molecular weight excluding hydrogens is 548 g/mol. The Labute approximate surface area is 246 Å². The quantitative estimate of drug-likeness (QED) is 0.159. The van der Waals surface area contributed by atoms with Crippen LogP contribution in [0, 0.1) is 10.1 Å². The fourth-order valence-electron chi connectivity index (χ4n) is 5.46. The molecule has 1 aromatic heterocycles. The van der Waals surface area contributed by atoms with Crippen LogP contribution in [0.1, 0.15) is 22.3 Å². The monoisotopic (exact) mass is 576 g/mol. The van der Waals surface area contributed by atoms with Gasteiger partial charge in [-0.25, -0.2) is 0 Å². The molecule has 216 valence electrons. The van der Waals surface area contributed by atoms with Crippen LogP contribution >= 0.6 is 0 Å². The molecule has 2 heterocycles. The lowest BCUT2D eigenvalue weighted by Gasteiger charge is -2.16. The fourth-order valence-corrected chi connectivity index (χ4v) is 5.46. The lowest BCUT2D eigenvalue weighted by atomic mass is 9.94. The Morgan fingerprint density at radius 3 is 2.40 bits per heavy atom. The number of nitrogens with one attached hydrogen (secondary N) is 2. The predicted molar refractivity (Wildman–Crippen MR) is 166 cm³/mol. The van der Waals surface area contributed by atoms with Crippen LogP contribution in [-0.2, 0) is 13.0 Å². The first-order valence-corrected chi connectivity index (χ1v) is 13.7. The number of rotatable bonds is 8. The van der Waals surface area contributed by atoms with E-state index < -0.39 is 4.92 Å². The maximum absolute atomic E-state index is 13.6. The maximum Gasteiger partial charge on any atom is 0.310 e. The van der Waals surface area contributed by atoms with Crippen molar-refractivity contribution in [1.29, 1.82) is 0 Å². The molecule has 0 fully saturated rings. The maximum atomic E-state index is 13.6. The molecule has 5 aromatic rings. The van der Waals surface area contributed by atoms with Crippen LogP contribution in [-0.4, -0.2) is 29.6 Å². The number of methoxy groups -OCH3 is 2. The van der Waals surface area contributed by atoms with Crippen LogP contribution in [0.25, 0.3) is 21.9 Å². The first-order chi connectivity index (χ1) is 20.8. The number of nitro groups is 1. The third-order valence-electron chi connectivity index (χ3n) is 7.60. The minimum atomic E-state index is -0.490. The highest BCUT2D eigenvalue weighted by atomic mass is 16.6. The zero-order valence-electron chi connectivity index (χ0n) is 23.5. The highest BCUT2D eigenvalue weighted by molar-refractivity contribution is 6.13. The number of amides is 1. The summed E-state index contributed by atoms with van der Waals surface area (Å²) in [6.45, 7) is 0.459. The number of carbonyl (C=O) groups excluding carboxylic acids is 1. The van der Waals surface area contributed by atoms with E-state index in [2.05, 4.69) is 10.6 Å². The van der Waals surface area contributed by atoms with Gasteiger partial charge in [0.25, 0.3) is 11.5 Å². The van der Waals surface area contributed by atoms with Crippen LogP contribution in [0.4, 0.5) is 22.7 Å². The Kier molecular flexibility index (Phi) is 7.25. The Balaban J connectivity index is 1.41. The predicted octanol–water partition coefficient (Wildman–Crippen LogP) is 6.54. The van der Waals surface area contributed by atoms with Crippen molar-refractivity contribution in [2.24, 2.45) is 0 Å². The molecule has 0 aliphatic carbocycles. The van der Waals surface area contributed by atoms with Gasteiger partial charge in [-0.2, -0.15) is 0 Å². The van der Waals surface area contributed by atoms with Crippen LogP contribution in [0.2, 0.25) is 0 Å². The highest BCUT2D eigenvalue weighted by Crippen LogP contribution is 2.40. The molecule has 10 nitrogen and oxygen atoms in total. The van der Waals surface area contributed by atoms with Gasteiger partial charge in [-0.3, -0.25) is 19.7 Å². The van der Waals surface area contributed by atoms with Crippen molar-refractivity contribution in [2.75, 3.05) is 24.9 Å². The van der Waals surface area contributed by atoms with E-state index in [1.807, 2.05) is 42.6 Å². The summed E-state index contributed by atoms with van der Waals surface area (Å²) in [5, 5.41) is 19.7. The molecule has 10 heteroatoms. The summed E-state index contributed by atoms with van der Waals surface area (Å²) in [7, 11) is 2.96. The molecule has 1 amide bonds. The van der Waals surface area contributed by atoms with E-state index in [0.29, 0.717) is 53.3 Å². The molecule has 0 unspecified atom stereocenters. The smallest absolute Gasteiger partial charge is 0.310 e. The summed E-state index contributed by atoms with van der Waals surface area (Å²) in [4.78, 5) is 37.4. The third-order valence-corrected chi connectivity index (χ3v) is 7.60. The number of aromatic nitrogens is 1. The van der Waals surface area contributed by atoms with E-state index in [4.69, 9.17) is 9.47 Å². The molecule has 1 aliphatic heterocycles. The second-order valence-corrected chi connectivity index (χ2v) is 10.2. The van der Waals surface area contributed by atoms with Crippen LogP contribution < -0.4 is 25.7 Å². The van der Waals surface area contributed by atoms with Crippen LogP contribution in [0.3, 0.4) is 0 Å². The number of hydrogen-bond donors (Lipinski definition) is 2. The van der Waals surface area contributed by atoms with Crippen molar-refractivity contribution in [1.82, 2.24) is 4.57 Å². The molecule has 0 atom stereocenters. The van der Waals surface area contributed by atoms with Gasteiger partial charge in [0.05, 0.1) is 41.8 Å². The van der Waals surface area contributed by atoms with E-state index in [9.17, 15) is 19.7 Å². The molecule has 1 aliphatic rings. The molecule has 0 radical (unpaired) electrons. The second-order valence-electron chi connectivity index (χ2n) is 10.2. The molecule has 0 saturated carbocycles. The largest absolute Gasteiger partial charge is 0.497 e. The number of carbonyl (C=O) groups is 1. The molecule has 6 rings (SSSR count). The van der Waals surface area contributed by atoms with Gasteiger partial charge in [-0.15, -0.1) is 0 Å². The fraction of sp³-hybridized carbons (Fsp3) is 0.152. The van der Waals surface area contributed by atoms with E-state index in [1.165, 1.54) is 13.2 Å². The van der Waals surface area contributed by atoms with Crippen molar-refractivity contribution < 1.29 is 19.2 Å². The van der Waals surface area contributed by atoms with Gasteiger partial charge in [0.2, 0.25) is 0 Å². The van der Waals surface area contributed by atoms with Gasteiger partial charge < -0.3 is 24.7 Å². The average molecular weight is 577 g/mol. The van der Waals surface area contributed by atoms with E-state index in [0.717, 1.165) is 21.9 Å². The Bertz CT molecular complexity index is 1970. The molecular formula is C33H28N4O6. The topological polar surface area (TPSA) is 125 Å². The van der Waals surface area contributed by atoms with Crippen LogP contribution in [0.5, 0.6) is 11.5 Å². The number of aryl methyl sites for hydroxylation is 2. The van der Waals surface area contributed by atoms with Gasteiger partial charge >= 0.3 is 5.69 Å². The molecule has 0 bridgehead atoms. The molecule has 0 saturated heterocycles. The average Bonchev–Trinajstić information content (AvgIpc) is 3.15. The normalized spacial score (nSPS) is 12.0. The standard InChI is InChI=1S/C33H28N4O6/c1-42-25-10-11-26-27(18-25)34-28-15-24(21-9-12-29(37(40)41)30(16-21)43-2)14-22(32(28)33(39)35-26)8-5-13-36-19-23-7-4-3-6-20(23)17-31(36)38/h3-4,6-7,9-12,14-19,34H,5,8,13H2,1-2H3,(H,35,39). The van der Waals surface area contributed by atoms with Gasteiger partial charge in [0.1, 0.15) is 5.75 Å². The van der Waals surface area contributed by atoms with Crippen molar-refractivity contribution in [3.05, 3.63) is 117 Å². The summed E-state index contributed by atoms with van der Waals surface area (Å²) in [6, 6.07) is 23.2. The third kappa shape index (κ3) is 5.38. The summed E-state index contributed by atoms with van der Waals surface area (Å²) in [5.74, 6) is 0.494. The lowest BCUT2D eigenvalue weighted by molar-refractivity contribution is -0.385. The molecule has 2 N–H and O–H groups in total. The van der Waals surface area contributed by atoms with Gasteiger partial charge in [0, 0.05) is 30.9 Å². The molecule has 4 aromatic carbocycles. The summed E-state index contributed by atoms with van der Waals surface area (Å²) in [6.07, 6.45) is 2.94.